The SMILES string of the molecule is C=C1/C(=C\C=C2/CCC[C@]3(C)[C@@H]([C@H](C)CC[C@H](OC(C)=O)C4(c5nc(C)cs5)CC4)CC[C@@H]23)C[C@@H](O)C[C@@H]1O. The molecule has 39 heavy (non-hydrogen) atoms. The van der Waals surface area contributed by atoms with Crippen molar-refractivity contribution in [3.8, 4) is 0 Å². The van der Waals surface area contributed by atoms with Crippen LogP contribution in [0.25, 0.3) is 0 Å². The Morgan fingerprint density at radius 3 is 2.69 bits per heavy atom. The van der Waals surface area contributed by atoms with Crippen LogP contribution < -0.4 is 0 Å². The summed E-state index contributed by atoms with van der Waals surface area (Å²) in [4.78, 5) is 16.9. The molecule has 2 N–H and O–H groups in total. The summed E-state index contributed by atoms with van der Waals surface area (Å²) in [7, 11) is 0. The van der Waals surface area contributed by atoms with Crippen LogP contribution in [-0.2, 0) is 14.9 Å². The lowest BCUT2D eigenvalue weighted by Crippen LogP contribution is -2.37. The Labute approximate surface area is 238 Å². The van der Waals surface area contributed by atoms with Crippen molar-refractivity contribution in [2.24, 2.45) is 23.2 Å². The van der Waals surface area contributed by atoms with Gasteiger partial charge in [-0.05, 0) is 105 Å². The van der Waals surface area contributed by atoms with Gasteiger partial charge in [0, 0.05) is 24.4 Å². The largest absolute Gasteiger partial charge is 0.462 e. The van der Waals surface area contributed by atoms with Gasteiger partial charge in [-0.15, -0.1) is 11.3 Å². The number of allylic oxidation sites excluding steroid dienone is 3. The number of aliphatic hydroxyl groups excluding tert-OH is 2. The zero-order chi connectivity index (χ0) is 27.9. The van der Waals surface area contributed by atoms with E-state index in [1.165, 1.54) is 38.2 Å². The standard InChI is InChI=1S/C33H47NO4S/c1-20(8-13-30(38-23(4)35)33(15-16-33)31-34-21(2)19-39-31)27-11-12-28-24(7-6-14-32(27,28)5)9-10-25-17-26(36)18-29(37)22(25)3/h9-10,19-20,26-30,36-37H,3,6-8,11-18H2,1-2,4-5H3/b24-9+,25-10-/t20-,26-,27-,28+,29+,30+,32-/m1/s1. The Morgan fingerprint density at radius 2 is 2.03 bits per heavy atom. The van der Waals surface area contributed by atoms with Gasteiger partial charge in [0.05, 0.1) is 17.6 Å². The second-order valence-corrected chi connectivity index (χ2v) is 14.1. The molecule has 5 rings (SSSR count). The fraction of sp³-hybridized carbons (Fsp3) is 0.697. The topological polar surface area (TPSA) is 79.7 Å². The Morgan fingerprint density at radius 1 is 1.26 bits per heavy atom. The normalized spacial score (nSPS) is 35.6. The molecule has 6 heteroatoms. The molecule has 1 aromatic rings. The van der Waals surface area contributed by atoms with Crippen LogP contribution >= 0.6 is 11.3 Å². The van der Waals surface area contributed by atoms with Crippen molar-refractivity contribution in [3.05, 3.63) is 51.5 Å². The number of aryl methyl sites for hydroxylation is 1. The lowest BCUT2D eigenvalue weighted by Gasteiger charge is -2.44. The Hall–Kier alpha value is -1.76. The van der Waals surface area contributed by atoms with Crippen LogP contribution in [-0.4, -0.2) is 39.5 Å². The van der Waals surface area contributed by atoms with Gasteiger partial charge >= 0.3 is 5.97 Å². The van der Waals surface area contributed by atoms with Crippen molar-refractivity contribution < 1.29 is 19.7 Å². The number of carbonyl (C=O) groups excluding carboxylic acids is 1. The smallest absolute Gasteiger partial charge is 0.302 e. The number of carbonyl (C=O) groups is 1. The van der Waals surface area contributed by atoms with E-state index in [0.29, 0.717) is 30.6 Å². The van der Waals surface area contributed by atoms with E-state index in [1.54, 1.807) is 11.3 Å². The molecule has 4 fully saturated rings. The highest BCUT2D eigenvalue weighted by Crippen LogP contribution is 2.60. The van der Waals surface area contributed by atoms with Crippen molar-refractivity contribution in [1.82, 2.24) is 4.98 Å². The fourth-order valence-electron chi connectivity index (χ4n) is 8.33. The molecule has 7 atom stereocenters. The van der Waals surface area contributed by atoms with Gasteiger partial charge in [-0.2, -0.15) is 0 Å². The van der Waals surface area contributed by atoms with Gasteiger partial charge < -0.3 is 14.9 Å². The molecule has 0 aliphatic heterocycles. The molecule has 0 unspecified atom stereocenters. The molecule has 214 valence electrons. The Balaban J connectivity index is 1.28. The van der Waals surface area contributed by atoms with Gasteiger partial charge in [0.1, 0.15) is 11.1 Å². The second-order valence-electron chi connectivity index (χ2n) is 13.3. The first-order valence-electron chi connectivity index (χ1n) is 15.1. The lowest BCUT2D eigenvalue weighted by molar-refractivity contribution is -0.148. The number of hydrogen-bond acceptors (Lipinski definition) is 6. The summed E-state index contributed by atoms with van der Waals surface area (Å²) in [5, 5.41) is 23.7. The van der Waals surface area contributed by atoms with Crippen LogP contribution in [0, 0.1) is 30.1 Å². The van der Waals surface area contributed by atoms with Crippen LogP contribution in [0.3, 0.4) is 0 Å². The lowest BCUT2D eigenvalue weighted by atomic mass is 9.60. The van der Waals surface area contributed by atoms with E-state index in [-0.39, 0.29) is 22.9 Å². The zero-order valence-corrected chi connectivity index (χ0v) is 25.1. The maximum absolute atomic E-state index is 12.1. The maximum Gasteiger partial charge on any atom is 0.302 e. The number of hydrogen-bond donors (Lipinski definition) is 2. The molecule has 0 radical (unpaired) electrons. The third kappa shape index (κ3) is 5.71. The number of thiazole rings is 1. The van der Waals surface area contributed by atoms with Crippen molar-refractivity contribution in [2.75, 3.05) is 0 Å². The molecule has 4 aliphatic rings. The van der Waals surface area contributed by atoms with Crippen molar-refractivity contribution in [3.63, 3.8) is 0 Å². The highest BCUT2D eigenvalue weighted by atomic mass is 32.1. The molecule has 1 heterocycles. The average molecular weight is 554 g/mol. The first-order chi connectivity index (χ1) is 18.5. The maximum atomic E-state index is 12.1. The highest BCUT2D eigenvalue weighted by molar-refractivity contribution is 7.09. The van der Waals surface area contributed by atoms with E-state index in [1.807, 2.05) is 6.92 Å². The van der Waals surface area contributed by atoms with E-state index in [2.05, 4.69) is 38.0 Å². The minimum Gasteiger partial charge on any atom is -0.462 e. The summed E-state index contributed by atoms with van der Waals surface area (Å²) in [6.45, 7) is 12.6. The third-order valence-corrected chi connectivity index (χ3v) is 11.8. The number of nitrogens with zero attached hydrogens (tertiary/aromatic N) is 1. The van der Waals surface area contributed by atoms with Crippen LogP contribution in [0.15, 0.2) is 40.8 Å². The molecular formula is C33H47NO4S. The van der Waals surface area contributed by atoms with Crippen LogP contribution in [0.1, 0.15) is 102 Å². The first kappa shape index (κ1) is 28.8. The molecular weight excluding hydrogens is 506 g/mol. The molecule has 0 aromatic carbocycles. The quantitative estimate of drug-likeness (QED) is 0.340. The van der Waals surface area contributed by atoms with Gasteiger partial charge in [0.2, 0.25) is 0 Å². The van der Waals surface area contributed by atoms with E-state index in [4.69, 9.17) is 9.72 Å². The van der Waals surface area contributed by atoms with E-state index in [0.717, 1.165) is 54.0 Å². The molecule has 4 saturated carbocycles. The molecule has 0 amide bonds. The number of aromatic nitrogens is 1. The van der Waals surface area contributed by atoms with Gasteiger partial charge in [-0.25, -0.2) is 4.98 Å². The molecule has 0 saturated heterocycles. The van der Waals surface area contributed by atoms with Gasteiger partial charge in [0.15, 0.2) is 0 Å². The number of esters is 1. The summed E-state index contributed by atoms with van der Waals surface area (Å²) in [6, 6.07) is 0. The number of ether oxygens (including phenoxy) is 1. The minimum absolute atomic E-state index is 0.0784. The van der Waals surface area contributed by atoms with E-state index < -0.39 is 12.2 Å². The first-order valence-corrected chi connectivity index (χ1v) is 16.0. The molecule has 4 aliphatic carbocycles. The zero-order valence-electron chi connectivity index (χ0n) is 24.2. The highest BCUT2D eigenvalue weighted by Gasteiger charge is 2.55. The van der Waals surface area contributed by atoms with Crippen LogP contribution in [0.2, 0.25) is 0 Å². The number of aliphatic hydroxyl groups is 2. The Bertz CT molecular complexity index is 1150. The summed E-state index contributed by atoms with van der Waals surface area (Å²) < 4.78 is 5.99. The van der Waals surface area contributed by atoms with E-state index in [9.17, 15) is 15.0 Å². The number of rotatable bonds is 8. The molecule has 1 aromatic heterocycles. The summed E-state index contributed by atoms with van der Waals surface area (Å²) >= 11 is 1.72. The van der Waals surface area contributed by atoms with Crippen molar-refractivity contribution >= 4 is 17.3 Å². The third-order valence-electron chi connectivity index (χ3n) is 10.6. The number of fused-ring (bicyclic) bond motifs is 1. The summed E-state index contributed by atoms with van der Waals surface area (Å²) in [6.07, 6.45) is 14.3. The molecule has 0 spiro atoms. The van der Waals surface area contributed by atoms with Gasteiger partial charge in [0.25, 0.3) is 0 Å². The Kier molecular flexibility index (Phi) is 8.30. The van der Waals surface area contributed by atoms with E-state index >= 15 is 0 Å². The van der Waals surface area contributed by atoms with Crippen molar-refractivity contribution in [1.29, 1.82) is 0 Å². The minimum atomic E-state index is -0.642. The van der Waals surface area contributed by atoms with Gasteiger partial charge in [-0.3, -0.25) is 4.79 Å². The molecule has 0 bridgehead atoms. The predicted molar refractivity (Wildman–Crippen MR) is 156 cm³/mol. The summed E-state index contributed by atoms with van der Waals surface area (Å²) in [5.41, 5.74) is 4.54. The average Bonchev–Trinajstić information content (AvgIpc) is 3.43. The van der Waals surface area contributed by atoms with Crippen molar-refractivity contribution in [2.45, 2.75) is 122 Å². The monoisotopic (exact) mass is 553 g/mol. The van der Waals surface area contributed by atoms with Gasteiger partial charge in [-0.1, -0.05) is 38.2 Å². The van der Waals surface area contributed by atoms with Crippen LogP contribution in [0.5, 0.6) is 0 Å². The molecule has 5 nitrogen and oxygen atoms in total. The predicted octanol–water partition coefficient (Wildman–Crippen LogP) is 6.97. The van der Waals surface area contributed by atoms with Crippen LogP contribution in [0.4, 0.5) is 0 Å². The second kappa shape index (κ2) is 11.3. The fourth-order valence-corrected chi connectivity index (χ4v) is 9.44. The summed E-state index contributed by atoms with van der Waals surface area (Å²) in [5.74, 6) is 1.62.